The second-order valence-electron chi connectivity index (χ2n) is 11.1. The number of nitrogens with one attached hydrogen (secondary N) is 1. The third-order valence-electron chi connectivity index (χ3n) is 7.76. The number of carbonyl (C=O) groups is 2. The van der Waals surface area contributed by atoms with E-state index in [-0.39, 0.29) is 18.8 Å². The van der Waals surface area contributed by atoms with Crippen LogP contribution in [0.2, 0.25) is 0 Å². The predicted octanol–water partition coefficient (Wildman–Crippen LogP) is 6.42. The molecule has 196 valence electrons. The Morgan fingerprint density at radius 2 is 1.86 bits per heavy atom. The van der Waals surface area contributed by atoms with Gasteiger partial charge in [-0.3, -0.25) is 4.90 Å². The maximum absolute atomic E-state index is 12.2. The lowest BCUT2D eigenvalue weighted by atomic mass is 9.80. The fraction of sp³-hybridized carbons (Fsp3) is 0.714. The molecule has 2 amide bonds. The number of rotatable bonds is 10. The van der Waals surface area contributed by atoms with Gasteiger partial charge in [0.2, 0.25) is 0 Å². The highest BCUT2D eigenvalue weighted by atomic mass is 16.6. The summed E-state index contributed by atoms with van der Waals surface area (Å²) in [5.74, 6) is 1.25. The molecule has 1 aliphatic heterocycles. The SMILES string of the molecule is CC(C)[C@@H](CCNC(=O)OCc1ccccc1)C[C@@H]1OC(C)(C)N(C(=O)O)[C@H]1CC1CCCCC1. The van der Waals surface area contributed by atoms with Gasteiger partial charge in [-0.15, -0.1) is 0 Å². The van der Waals surface area contributed by atoms with E-state index in [1.54, 1.807) is 4.90 Å². The van der Waals surface area contributed by atoms with Crippen LogP contribution in [0, 0.1) is 17.8 Å². The molecule has 0 bridgehead atoms. The molecule has 2 fully saturated rings. The van der Waals surface area contributed by atoms with Crippen LogP contribution in [0.1, 0.15) is 84.6 Å². The Kier molecular flexibility index (Phi) is 9.84. The number of carboxylic acid groups (broad SMARTS) is 1. The zero-order valence-corrected chi connectivity index (χ0v) is 21.9. The molecular formula is C28H44N2O5. The summed E-state index contributed by atoms with van der Waals surface area (Å²) < 4.78 is 11.7. The lowest BCUT2D eigenvalue weighted by Gasteiger charge is -2.34. The molecule has 0 spiro atoms. The highest BCUT2D eigenvalue weighted by molar-refractivity contribution is 5.67. The van der Waals surface area contributed by atoms with Crippen LogP contribution in [0.4, 0.5) is 9.59 Å². The molecule has 3 atom stereocenters. The number of carbonyl (C=O) groups excluding carboxylic acids is 1. The molecular weight excluding hydrogens is 444 g/mol. The van der Waals surface area contributed by atoms with Gasteiger partial charge >= 0.3 is 12.2 Å². The van der Waals surface area contributed by atoms with Gasteiger partial charge in [-0.05, 0) is 56.4 Å². The van der Waals surface area contributed by atoms with E-state index in [1.165, 1.54) is 32.1 Å². The van der Waals surface area contributed by atoms with Gasteiger partial charge in [0, 0.05) is 6.54 Å². The molecule has 1 aromatic rings. The highest BCUT2D eigenvalue weighted by Gasteiger charge is 2.50. The molecule has 1 heterocycles. The molecule has 3 rings (SSSR count). The minimum Gasteiger partial charge on any atom is -0.465 e. The van der Waals surface area contributed by atoms with Gasteiger partial charge < -0.3 is 19.9 Å². The van der Waals surface area contributed by atoms with Crippen molar-refractivity contribution in [1.82, 2.24) is 10.2 Å². The minimum absolute atomic E-state index is 0.129. The average molecular weight is 489 g/mol. The van der Waals surface area contributed by atoms with Crippen LogP contribution in [0.3, 0.4) is 0 Å². The number of ether oxygens (including phenoxy) is 2. The molecule has 0 unspecified atom stereocenters. The van der Waals surface area contributed by atoms with Gasteiger partial charge in [0.25, 0.3) is 0 Å². The third-order valence-corrected chi connectivity index (χ3v) is 7.76. The van der Waals surface area contributed by atoms with Gasteiger partial charge in [-0.2, -0.15) is 0 Å². The van der Waals surface area contributed by atoms with Gasteiger partial charge in [0.1, 0.15) is 12.3 Å². The molecule has 1 aromatic carbocycles. The molecule has 7 nitrogen and oxygen atoms in total. The first kappa shape index (κ1) is 27.3. The second kappa shape index (κ2) is 12.6. The van der Waals surface area contributed by atoms with E-state index in [4.69, 9.17) is 9.47 Å². The van der Waals surface area contributed by atoms with E-state index in [1.807, 2.05) is 44.2 Å². The predicted molar refractivity (Wildman–Crippen MR) is 136 cm³/mol. The smallest absolute Gasteiger partial charge is 0.409 e. The lowest BCUT2D eigenvalue weighted by molar-refractivity contribution is -0.0722. The van der Waals surface area contributed by atoms with E-state index in [2.05, 4.69) is 19.2 Å². The van der Waals surface area contributed by atoms with Gasteiger partial charge in [-0.1, -0.05) is 76.3 Å². The molecule has 35 heavy (non-hydrogen) atoms. The first-order valence-corrected chi connectivity index (χ1v) is 13.3. The zero-order chi connectivity index (χ0) is 25.4. The summed E-state index contributed by atoms with van der Waals surface area (Å²) >= 11 is 0. The molecule has 7 heteroatoms. The average Bonchev–Trinajstić information content (AvgIpc) is 3.07. The van der Waals surface area contributed by atoms with Crippen LogP contribution in [0.5, 0.6) is 0 Å². The van der Waals surface area contributed by atoms with Crippen molar-refractivity contribution in [3.63, 3.8) is 0 Å². The standard InChI is InChI=1S/C28H44N2O5/c1-20(2)23(15-16-29-26(31)34-19-22-13-9-6-10-14-22)18-25-24(17-21-11-7-5-8-12-21)30(27(32)33)28(3,4)35-25/h6,9-10,13-14,20-21,23-25H,5,7-8,11-12,15-19H2,1-4H3,(H,29,31)(H,32,33)/t23-,24-,25-/m0/s1. The Balaban J connectivity index is 1.56. The van der Waals surface area contributed by atoms with Crippen molar-refractivity contribution < 1.29 is 24.2 Å². The maximum Gasteiger partial charge on any atom is 0.409 e. The minimum atomic E-state index is -0.901. The molecule has 0 radical (unpaired) electrons. The topological polar surface area (TPSA) is 88.1 Å². The quantitative estimate of drug-likeness (QED) is 0.397. The summed E-state index contributed by atoms with van der Waals surface area (Å²) in [4.78, 5) is 25.9. The molecule has 2 aliphatic rings. The van der Waals surface area contributed by atoms with Crippen LogP contribution in [0.25, 0.3) is 0 Å². The summed E-state index contributed by atoms with van der Waals surface area (Å²) in [5.41, 5.74) is 0.118. The number of alkyl carbamates (subject to hydrolysis) is 1. The fourth-order valence-electron chi connectivity index (χ4n) is 5.83. The normalized spacial score (nSPS) is 23.3. The Labute approximate surface area is 210 Å². The fourth-order valence-corrected chi connectivity index (χ4v) is 5.83. The van der Waals surface area contributed by atoms with Crippen LogP contribution >= 0.6 is 0 Å². The van der Waals surface area contributed by atoms with Gasteiger partial charge in [-0.25, -0.2) is 9.59 Å². The van der Waals surface area contributed by atoms with Crippen molar-refractivity contribution in [2.75, 3.05) is 6.54 Å². The summed E-state index contributed by atoms with van der Waals surface area (Å²) in [5, 5.41) is 12.9. The monoisotopic (exact) mass is 488 g/mol. The Morgan fingerprint density at radius 1 is 1.17 bits per heavy atom. The highest BCUT2D eigenvalue weighted by Crippen LogP contribution is 2.41. The number of benzene rings is 1. The van der Waals surface area contributed by atoms with E-state index < -0.39 is 17.9 Å². The van der Waals surface area contributed by atoms with Gasteiger partial charge in [0.05, 0.1) is 12.1 Å². The van der Waals surface area contributed by atoms with E-state index in [0.29, 0.717) is 24.3 Å². The lowest BCUT2D eigenvalue weighted by Crippen LogP contribution is -2.48. The number of hydrogen-bond acceptors (Lipinski definition) is 4. The van der Waals surface area contributed by atoms with Crippen molar-refractivity contribution in [3.05, 3.63) is 35.9 Å². The number of hydrogen-bond donors (Lipinski definition) is 2. The first-order chi connectivity index (χ1) is 16.7. The van der Waals surface area contributed by atoms with E-state index in [0.717, 1.165) is 24.8 Å². The van der Waals surface area contributed by atoms with Crippen LogP contribution < -0.4 is 5.32 Å². The third kappa shape index (κ3) is 7.86. The Bertz CT molecular complexity index is 807. The Morgan fingerprint density at radius 3 is 2.49 bits per heavy atom. The molecule has 0 aromatic heterocycles. The summed E-state index contributed by atoms with van der Waals surface area (Å²) in [6, 6.07) is 9.49. The zero-order valence-electron chi connectivity index (χ0n) is 21.9. The molecule has 1 saturated heterocycles. The summed E-state index contributed by atoms with van der Waals surface area (Å²) in [7, 11) is 0. The first-order valence-electron chi connectivity index (χ1n) is 13.3. The van der Waals surface area contributed by atoms with Crippen molar-refractivity contribution >= 4 is 12.2 Å². The van der Waals surface area contributed by atoms with Crippen molar-refractivity contribution in [1.29, 1.82) is 0 Å². The van der Waals surface area contributed by atoms with Crippen molar-refractivity contribution in [2.45, 2.75) is 104 Å². The van der Waals surface area contributed by atoms with Crippen LogP contribution in [-0.4, -0.2) is 46.6 Å². The van der Waals surface area contributed by atoms with Crippen molar-refractivity contribution in [3.8, 4) is 0 Å². The number of amides is 2. The van der Waals surface area contributed by atoms with E-state index in [9.17, 15) is 14.7 Å². The Hall–Kier alpha value is -2.28. The molecule has 2 N–H and O–H groups in total. The largest absolute Gasteiger partial charge is 0.465 e. The van der Waals surface area contributed by atoms with Crippen LogP contribution in [-0.2, 0) is 16.1 Å². The molecule has 1 saturated carbocycles. The summed E-state index contributed by atoms with van der Waals surface area (Å²) in [6.07, 6.45) is 7.11. The van der Waals surface area contributed by atoms with Crippen LogP contribution in [0.15, 0.2) is 30.3 Å². The number of nitrogens with zero attached hydrogens (tertiary/aromatic N) is 1. The van der Waals surface area contributed by atoms with Crippen molar-refractivity contribution in [2.24, 2.45) is 17.8 Å². The van der Waals surface area contributed by atoms with E-state index >= 15 is 0 Å². The summed E-state index contributed by atoms with van der Waals surface area (Å²) in [6.45, 7) is 8.86. The molecule has 1 aliphatic carbocycles. The maximum atomic E-state index is 12.2. The van der Waals surface area contributed by atoms with Gasteiger partial charge in [0.15, 0.2) is 0 Å². The second-order valence-corrected chi connectivity index (χ2v) is 11.1.